The van der Waals surface area contributed by atoms with Gasteiger partial charge in [0.25, 0.3) is 5.91 Å². The van der Waals surface area contributed by atoms with Crippen molar-refractivity contribution in [2.24, 2.45) is 0 Å². The topological polar surface area (TPSA) is 90.9 Å². The van der Waals surface area contributed by atoms with Gasteiger partial charge in [-0.1, -0.05) is 11.6 Å². The number of aliphatic hydroxyl groups is 1. The van der Waals surface area contributed by atoms with E-state index < -0.39 is 17.3 Å². The summed E-state index contributed by atoms with van der Waals surface area (Å²) >= 11 is 5.87. The number of carbonyl (C=O) groups excluding carboxylic acids is 1. The molecular formula is C14H12ClFN4O2. The van der Waals surface area contributed by atoms with E-state index in [4.69, 9.17) is 16.9 Å². The van der Waals surface area contributed by atoms with Crippen LogP contribution in [0.2, 0.25) is 5.02 Å². The maximum absolute atomic E-state index is 12.9. The summed E-state index contributed by atoms with van der Waals surface area (Å²) in [6, 6.07) is 6.25. The molecule has 1 heterocycles. The van der Waals surface area contributed by atoms with Crippen molar-refractivity contribution >= 4 is 23.2 Å². The van der Waals surface area contributed by atoms with Crippen LogP contribution in [0.3, 0.4) is 0 Å². The molecular weight excluding hydrogens is 311 g/mol. The molecule has 6 nitrogen and oxygen atoms in total. The molecule has 2 aromatic rings. The number of anilines is 1. The normalized spacial score (nSPS) is 13.2. The number of hydrogen-bond donors (Lipinski definition) is 2. The van der Waals surface area contributed by atoms with Crippen LogP contribution in [0.15, 0.2) is 30.6 Å². The summed E-state index contributed by atoms with van der Waals surface area (Å²) in [6.45, 7) is 1.07. The van der Waals surface area contributed by atoms with Crippen LogP contribution in [0, 0.1) is 17.1 Å². The van der Waals surface area contributed by atoms with Crippen molar-refractivity contribution in [2.45, 2.75) is 19.1 Å². The Morgan fingerprint density at radius 1 is 1.64 bits per heavy atom. The second-order valence-electron chi connectivity index (χ2n) is 4.89. The number of nitrogens with zero attached hydrogens (tertiary/aromatic N) is 3. The molecule has 22 heavy (non-hydrogen) atoms. The van der Waals surface area contributed by atoms with Crippen LogP contribution in [0.4, 0.5) is 10.1 Å². The van der Waals surface area contributed by atoms with Gasteiger partial charge in [-0.05, 0) is 25.1 Å². The molecule has 1 unspecified atom stereocenters. The maximum Gasteiger partial charge on any atom is 0.257 e. The lowest BCUT2D eigenvalue weighted by molar-refractivity contribution is -0.133. The second kappa shape index (κ2) is 6.13. The number of halogens is 2. The van der Waals surface area contributed by atoms with Crippen molar-refractivity contribution in [1.29, 1.82) is 5.26 Å². The monoisotopic (exact) mass is 322 g/mol. The first-order valence-electron chi connectivity index (χ1n) is 6.23. The number of amides is 1. The van der Waals surface area contributed by atoms with Crippen LogP contribution in [-0.4, -0.2) is 26.4 Å². The molecule has 0 aliphatic carbocycles. The molecule has 0 radical (unpaired) electrons. The van der Waals surface area contributed by atoms with Crippen LogP contribution in [0.25, 0.3) is 0 Å². The summed E-state index contributed by atoms with van der Waals surface area (Å²) in [5.74, 6) is -1.26. The van der Waals surface area contributed by atoms with Gasteiger partial charge in [-0.15, -0.1) is 0 Å². The van der Waals surface area contributed by atoms with E-state index in [0.717, 1.165) is 17.1 Å². The van der Waals surface area contributed by atoms with Gasteiger partial charge in [0.05, 0.1) is 29.5 Å². The van der Waals surface area contributed by atoms with Crippen LogP contribution in [-0.2, 0) is 11.3 Å². The summed E-state index contributed by atoms with van der Waals surface area (Å²) < 4.78 is 14.0. The average molecular weight is 323 g/mol. The third kappa shape index (κ3) is 3.61. The zero-order valence-corrected chi connectivity index (χ0v) is 12.3. The largest absolute Gasteiger partial charge is 0.378 e. The van der Waals surface area contributed by atoms with Gasteiger partial charge in [0, 0.05) is 5.69 Å². The van der Waals surface area contributed by atoms with Gasteiger partial charge in [0.2, 0.25) is 0 Å². The minimum Gasteiger partial charge on any atom is -0.378 e. The molecule has 0 bridgehead atoms. The molecule has 2 rings (SSSR count). The Bertz CT molecular complexity index is 752. The molecule has 0 fully saturated rings. The summed E-state index contributed by atoms with van der Waals surface area (Å²) in [4.78, 5) is 12.1. The first-order valence-corrected chi connectivity index (χ1v) is 6.61. The van der Waals surface area contributed by atoms with Gasteiger partial charge in [-0.25, -0.2) is 4.39 Å². The number of carbonyl (C=O) groups is 1. The predicted octanol–water partition coefficient (Wildman–Crippen LogP) is 1.94. The molecule has 1 aromatic heterocycles. The van der Waals surface area contributed by atoms with Crippen molar-refractivity contribution in [3.8, 4) is 6.07 Å². The first kappa shape index (κ1) is 15.9. The molecule has 1 atom stereocenters. The highest BCUT2D eigenvalue weighted by atomic mass is 35.5. The predicted molar refractivity (Wildman–Crippen MR) is 77.6 cm³/mol. The number of aromatic nitrogens is 2. The van der Waals surface area contributed by atoms with Gasteiger partial charge >= 0.3 is 0 Å². The Balaban J connectivity index is 2.10. The highest BCUT2D eigenvalue weighted by Gasteiger charge is 2.31. The number of nitrogens with one attached hydrogen (secondary N) is 1. The fourth-order valence-corrected chi connectivity index (χ4v) is 1.98. The Morgan fingerprint density at radius 2 is 2.36 bits per heavy atom. The minimum atomic E-state index is -1.81. The van der Waals surface area contributed by atoms with E-state index in [1.165, 1.54) is 25.1 Å². The summed E-state index contributed by atoms with van der Waals surface area (Å²) in [7, 11) is 0. The van der Waals surface area contributed by atoms with E-state index in [1.54, 1.807) is 0 Å². The number of benzene rings is 1. The molecule has 1 aromatic carbocycles. The molecule has 1 amide bonds. The van der Waals surface area contributed by atoms with E-state index >= 15 is 0 Å². The Hall–Kier alpha value is -2.43. The maximum atomic E-state index is 12.9. The quantitative estimate of drug-likeness (QED) is 0.900. The van der Waals surface area contributed by atoms with Crippen molar-refractivity contribution in [1.82, 2.24) is 9.78 Å². The zero-order chi connectivity index (χ0) is 16.3. The molecule has 0 saturated heterocycles. The molecule has 0 aliphatic heterocycles. The number of hydrogen-bond acceptors (Lipinski definition) is 4. The molecule has 8 heteroatoms. The molecule has 0 spiro atoms. The van der Waals surface area contributed by atoms with Crippen molar-refractivity contribution in [3.05, 3.63) is 47.0 Å². The summed E-state index contributed by atoms with van der Waals surface area (Å²) in [5.41, 5.74) is -1.20. The minimum absolute atomic E-state index is 0.189. The summed E-state index contributed by atoms with van der Waals surface area (Å²) in [6.07, 6.45) is 2.05. The van der Waals surface area contributed by atoms with Crippen molar-refractivity contribution < 1.29 is 14.3 Å². The van der Waals surface area contributed by atoms with Crippen LogP contribution in [0.1, 0.15) is 12.5 Å². The summed E-state index contributed by atoms with van der Waals surface area (Å²) in [5, 5.41) is 25.3. The molecule has 2 N–H and O–H groups in total. The third-order valence-corrected chi connectivity index (χ3v) is 3.22. The van der Waals surface area contributed by atoms with Gasteiger partial charge < -0.3 is 10.4 Å². The van der Waals surface area contributed by atoms with Gasteiger partial charge in [0.1, 0.15) is 6.07 Å². The highest BCUT2D eigenvalue weighted by Crippen LogP contribution is 2.21. The molecule has 0 saturated carbocycles. The second-order valence-corrected chi connectivity index (χ2v) is 5.30. The molecule has 0 aliphatic rings. The standard InChI is InChI=1S/C14H12ClFN4O2/c1-14(22,8-20-7-10(16)6-18-20)13(21)19-11-3-2-9(5-17)12(15)4-11/h2-4,6-7,22H,8H2,1H3,(H,19,21). The fourth-order valence-electron chi connectivity index (χ4n) is 1.76. The lowest BCUT2D eigenvalue weighted by atomic mass is 10.1. The lowest BCUT2D eigenvalue weighted by Crippen LogP contribution is -2.43. The van der Waals surface area contributed by atoms with E-state index in [9.17, 15) is 14.3 Å². The fraction of sp³-hybridized carbons (Fsp3) is 0.214. The zero-order valence-electron chi connectivity index (χ0n) is 11.5. The third-order valence-electron chi connectivity index (χ3n) is 2.91. The smallest absolute Gasteiger partial charge is 0.257 e. The van der Waals surface area contributed by atoms with Crippen LogP contribution in [0.5, 0.6) is 0 Å². The average Bonchev–Trinajstić information content (AvgIpc) is 2.83. The van der Waals surface area contributed by atoms with E-state index in [2.05, 4.69) is 10.4 Å². The van der Waals surface area contributed by atoms with E-state index in [0.29, 0.717) is 5.69 Å². The van der Waals surface area contributed by atoms with Gasteiger partial charge in [0.15, 0.2) is 11.4 Å². The first-order chi connectivity index (χ1) is 10.3. The Labute approximate surface area is 130 Å². The Kier molecular flexibility index (Phi) is 4.45. The SMILES string of the molecule is CC(O)(Cn1cc(F)cn1)C(=O)Nc1ccc(C#N)c(Cl)c1. The lowest BCUT2D eigenvalue weighted by Gasteiger charge is -2.22. The Morgan fingerprint density at radius 3 is 2.91 bits per heavy atom. The number of nitriles is 1. The van der Waals surface area contributed by atoms with Crippen LogP contribution < -0.4 is 5.32 Å². The van der Waals surface area contributed by atoms with Gasteiger partial charge in [-0.3, -0.25) is 9.48 Å². The highest BCUT2D eigenvalue weighted by molar-refractivity contribution is 6.32. The van der Waals surface area contributed by atoms with Crippen molar-refractivity contribution in [2.75, 3.05) is 5.32 Å². The number of rotatable bonds is 4. The van der Waals surface area contributed by atoms with E-state index in [-0.39, 0.29) is 17.1 Å². The van der Waals surface area contributed by atoms with Crippen molar-refractivity contribution in [3.63, 3.8) is 0 Å². The van der Waals surface area contributed by atoms with E-state index in [1.807, 2.05) is 6.07 Å². The van der Waals surface area contributed by atoms with Gasteiger partial charge in [-0.2, -0.15) is 10.4 Å². The van der Waals surface area contributed by atoms with Crippen LogP contribution >= 0.6 is 11.6 Å². The molecule has 114 valence electrons.